The van der Waals surface area contributed by atoms with Crippen molar-refractivity contribution in [3.8, 4) is 0 Å². The van der Waals surface area contributed by atoms with Crippen LogP contribution in [-0.4, -0.2) is 54.1 Å². The van der Waals surface area contributed by atoms with Crippen molar-refractivity contribution in [2.24, 2.45) is 0 Å². The van der Waals surface area contributed by atoms with E-state index in [4.69, 9.17) is 4.52 Å². The molecule has 0 spiro atoms. The lowest BCUT2D eigenvalue weighted by Gasteiger charge is -2.32. The number of aromatic nitrogens is 1. The Kier molecular flexibility index (Phi) is 5.65. The summed E-state index contributed by atoms with van der Waals surface area (Å²) in [6, 6.07) is 12.1. The largest absolute Gasteiger partial charge is 0.356 e. The lowest BCUT2D eigenvalue weighted by Crippen LogP contribution is -2.43. The second-order valence-electron chi connectivity index (χ2n) is 8.06. The summed E-state index contributed by atoms with van der Waals surface area (Å²) >= 11 is 0. The van der Waals surface area contributed by atoms with Crippen LogP contribution in [0.15, 0.2) is 40.9 Å². The van der Waals surface area contributed by atoms with E-state index >= 15 is 0 Å². The molecule has 0 bridgehead atoms. The van der Waals surface area contributed by atoms with Crippen LogP contribution in [0.4, 0.5) is 5.69 Å². The van der Waals surface area contributed by atoms with Crippen LogP contribution in [0.5, 0.6) is 0 Å². The zero-order valence-corrected chi connectivity index (χ0v) is 17.4. The van der Waals surface area contributed by atoms with Crippen molar-refractivity contribution in [2.45, 2.75) is 26.8 Å². The summed E-state index contributed by atoms with van der Waals surface area (Å²) in [5, 5.41) is 7.97. The van der Waals surface area contributed by atoms with E-state index < -0.39 is 0 Å². The molecule has 1 N–H and O–H groups in total. The van der Waals surface area contributed by atoms with Gasteiger partial charge in [0.2, 0.25) is 5.91 Å². The molecule has 1 aliphatic rings. The normalized spacial score (nSPS) is 15.7. The van der Waals surface area contributed by atoms with Gasteiger partial charge in [0.1, 0.15) is 5.69 Å². The van der Waals surface area contributed by atoms with Crippen LogP contribution in [0.1, 0.15) is 22.4 Å². The molecule has 3 aromatic rings. The molecular weight excluding hydrogens is 364 g/mol. The first-order valence-corrected chi connectivity index (χ1v) is 10.1. The van der Waals surface area contributed by atoms with E-state index in [0.717, 1.165) is 54.9 Å². The Morgan fingerprint density at radius 2 is 1.76 bits per heavy atom. The molecule has 1 amide bonds. The number of hydrogen-bond donors (Lipinski definition) is 1. The number of rotatable bonds is 5. The molecule has 0 radical (unpaired) electrons. The van der Waals surface area contributed by atoms with Crippen LogP contribution in [0.25, 0.3) is 11.0 Å². The molecule has 0 atom stereocenters. The Bertz CT molecular complexity index is 1000. The maximum atomic E-state index is 12.5. The van der Waals surface area contributed by atoms with Crippen molar-refractivity contribution in [2.75, 3.05) is 38.5 Å². The molecule has 1 aromatic heterocycles. The van der Waals surface area contributed by atoms with Crippen LogP contribution >= 0.6 is 0 Å². The minimum atomic E-state index is -0.0924. The van der Waals surface area contributed by atoms with Crippen LogP contribution in [0, 0.1) is 13.8 Å². The number of carbonyl (C=O) groups is 1. The number of nitrogens with one attached hydrogen (secondary N) is 1. The summed E-state index contributed by atoms with van der Waals surface area (Å²) in [5.74, 6) is -0.0924. The number of carbonyl (C=O) groups excluding carboxylic acids is 1. The fourth-order valence-electron chi connectivity index (χ4n) is 3.69. The molecule has 0 saturated carbocycles. The summed E-state index contributed by atoms with van der Waals surface area (Å²) in [7, 11) is 2.17. The van der Waals surface area contributed by atoms with E-state index in [1.807, 2.05) is 31.2 Å². The second-order valence-corrected chi connectivity index (χ2v) is 8.06. The molecule has 6 nitrogen and oxygen atoms in total. The third kappa shape index (κ3) is 4.66. The summed E-state index contributed by atoms with van der Waals surface area (Å²) in [4.78, 5) is 17.3. The van der Waals surface area contributed by atoms with Gasteiger partial charge >= 0.3 is 0 Å². The van der Waals surface area contributed by atoms with Crippen molar-refractivity contribution < 1.29 is 9.32 Å². The fraction of sp³-hybridized carbons (Fsp3) is 0.391. The van der Waals surface area contributed by atoms with Gasteiger partial charge in [-0.15, -0.1) is 0 Å². The van der Waals surface area contributed by atoms with E-state index in [1.165, 1.54) is 11.1 Å². The number of hydrogen-bond acceptors (Lipinski definition) is 5. The minimum absolute atomic E-state index is 0.0924. The van der Waals surface area contributed by atoms with E-state index in [0.29, 0.717) is 5.69 Å². The number of fused-ring (bicyclic) bond motifs is 1. The number of nitrogens with zero attached hydrogens (tertiary/aromatic N) is 3. The molecule has 0 unspecified atom stereocenters. The Labute approximate surface area is 171 Å². The van der Waals surface area contributed by atoms with Gasteiger partial charge in [0, 0.05) is 43.8 Å². The average Bonchev–Trinajstić information content (AvgIpc) is 3.07. The number of aryl methyl sites for hydroxylation is 2. The highest BCUT2D eigenvalue weighted by molar-refractivity contribution is 5.94. The van der Waals surface area contributed by atoms with Gasteiger partial charge in [-0.25, -0.2) is 0 Å². The lowest BCUT2D eigenvalue weighted by atomic mass is 10.1. The van der Waals surface area contributed by atoms with Gasteiger partial charge in [0.25, 0.3) is 0 Å². The SMILES string of the molecule is Cc1cc2onc(CC(=O)Nc3ccc(CN4CCN(C)CC4)cc3)c2cc1C. The Balaban J connectivity index is 1.36. The van der Waals surface area contributed by atoms with Gasteiger partial charge in [-0.3, -0.25) is 9.69 Å². The highest BCUT2D eigenvalue weighted by atomic mass is 16.5. The first-order chi connectivity index (χ1) is 14.0. The number of amides is 1. The maximum Gasteiger partial charge on any atom is 0.230 e. The molecule has 4 rings (SSSR count). The molecule has 0 aliphatic carbocycles. The molecule has 2 aromatic carbocycles. The van der Waals surface area contributed by atoms with Gasteiger partial charge in [-0.1, -0.05) is 17.3 Å². The molecule has 6 heteroatoms. The molecule has 1 saturated heterocycles. The number of piperazine rings is 1. The molecular formula is C23H28N4O2. The van der Waals surface area contributed by atoms with Crippen LogP contribution in [0.2, 0.25) is 0 Å². The zero-order chi connectivity index (χ0) is 20.4. The van der Waals surface area contributed by atoms with Gasteiger partial charge in [0.05, 0.1) is 6.42 Å². The molecule has 2 heterocycles. The predicted octanol–water partition coefficient (Wildman–Crippen LogP) is 3.37. The van der Waals surface area contributed by atoms with Crippen LogP contribution in [-0.2, 0) is 17.8 Å². The second kappa shape index (κ2) is 8.35. The highest BCUT2D eigenvalue weighted by Gasteiger charge is 2.15. The Hall–Kier alpha value is -2.70. The van der Waals surface area contributed by atoms with Gasteiger partial charge in [-0.05, 0) is 61.9 Å². The maximum absolute atomic E-state index is 12.5. The topological polar surface area (TPSA) is 61.6 Å². The summed E-state index contributed by atoms with van der Waals surface area (Å²) in [6.45, 7) is 9.46. The van der Waals surface area contributed by atoms with Crippen molar-refractivity contribution in [1.82, 2.24) is 15.0 Å². The summed E-state index contributed by atoms with van der Waals surface area (Å²) in [6.07, 6.45) is 0.193. The van der Waals surface area contributed by atoms with Crippen LogP contribution in [0.3, 0.4) is 0 Å². The molecule has 29 heavy (non-hydrogen) atoms. The van der Waals surface area contributed by atoms with Crippen molar-refractivity contribution in [1.29, 1.82) is 0 Å². The lowest BCUT2D eigenvalue weighted by molar-refractivity contribution is -0.115. The van der Waals surface area contributed by atoms with Crippen LogP contribution < -0.4 is 5.32 Å². The van der Waals surface area contributed by atoms with Gasteiger partial charge in [-0.2, -0.15) is 0 Å². The first kappa shape index (κ1) is 19.6. The quantitative estimate of drug-likeness (QED) is 0.721. The van der Waals surface area contributed by atoms with Crippen molar-refractivity contribution >= 4 is 22.6 Å². The van der Waals surface area contributed by atoms with Crippen molar-refractivity contribution in [3.05, 3.63) is 58.8 Å². The number of likely N-dealkylation sites (N-methyl/N-ethyl adjacent to an activating group) is 1. The van der Waals surface area contributed by atoms with E-state index in [-0.39, 0.29) is 12.3 Å². The van der Waals surface area contributed by atoms with E-state index in [2.05, 4.69) is 46.4 Å². The minimum Gasteiger partial charge on any atom is -0.356 e. The average molecular weight is 393 g/mol. The third-order valence-corrected chi connectivity index (χ3v) is 5.73. The van der Waals surface area contributed by atoms with Gasteiger partial charge < -0.3 is 14.7 Å². The number of benzene rings is 2. The Morgan fingerprint density at radius 1 is 1.07 bits per heavy atom. The zero-order valence-electron chi connectivity index (χ0n) is 17.4. The standard InChI is InChI=1S/C23H28N4O2/c1-16-12-20-21(25-29-22(20)13-17(16)2)14-23(28)24-19-6-4-18(5-7-19)15-27-10-8-26(3)9-11-27/h4-7,12-13H,8-11,14-15H2,1-3H3,(H,24,28). The third-order valence-electron chi connectivity index (χ3n) is 5.73. The number of anilines is 1. The molecule has 1 aliphatic heterocycles. The monoisotopic (exact) mass is 392 g/mol. The van der Waals surface area contributed by atoms with E-state index in [9.17, 15) is 4.79 Å². The molecule has 1 fully saturated rings. The summed E-state index contributed by atoms with van der Waals surface area (Å²) < 4.78 is 5.39. The summed E-state index contributed by atoms with van der Waals surface area (Å²) in [5.41, 5.74) is 5.79. The predicted molar refractivity (Wildman–Crippen MR) is 115 cm³/mol. The van der Waals surface area contributed by atoms with E-state index in [1.54, 1.807) is 0 Å². The fourth-order valence-corrected chi connectivity index (χ4v) is 3.69. The Morgan fingerprint density at radius 3 is 2.48 bits per heavy atom. The smallest absolute Gasteiger partial charge is 0.230 e. The van der Waals surface area contributed by atoms with Crippen molar-refractivity contribution in [3.63, 3.8) is 0 Å². The molecule has 152 valence electrons. The first-order valence-electron chi connectivity index (χ1n) is 10.1. The highest BCUT2D eigenvalue weighted by Crippen LogP contribution is 2.23. The van der Waals surface area contributed by atoms with Gasteiger partial charge in [0.15, 0.2) is 5.58 Å².